The maximum atomic E-state index is 11.6. The summed E-state index contributed by atoms with van der Waals surface area (Å²) in [4.78, 5) is 13.5. The minimum absolute atomic E-state index is 0.289. The highest BCUT2D eigenvalue weighted by atomic mass is 35.5. The van der Waals surface area contributed by atoms with Crippen molar-refractivity contribution in [2.75, 3.05) is 12.4 Å². The fourth-order valence-electron chi connectivity index (χ4n) is 1.28. The third kappa shape index (κ3) is 2.37. The quantitative estimate of drug-likeness (QED) is 0.619. The number of halogens is 1. The SMILES string of the molecule is CC(C)N(CCCl)C(=O)C1CC1. The highest BCUT2D eigenvalue weighted by Gasteiger charge is 2.33. The number of alkyl halides is 1. The van der Waals surface area contributed by atoms with E-state index in [-0.39, 0.29) is 6.04 Å². The molecule has 0 aromatic heterocycles. The molecule has 0 aliphatic heterocycles. The van der Waals surface area contributed by atoms with Crippen molar-refractivity contribution in [3.8, 4) is 0 Å². The molecule has 1 aliphatic carbocycles. The molecule has 70 valence electrons. The van der Waals surface area contributed by atoms with Crippen molar-refractivity contribution in [2.45, 2.75) is 32.7 Å². The van der Waals surface area contributed by atoms with Crippen LogP contribution in [0.15, 0.2) is 0 Å². The lowest BCUT2D eigenvalue weighted by Gasteiger charge is -2.25. The third-order valence-electron chi connectivity index (χ3n) is 2.16. The van der Waals surface area contributed by atoms with Crippen LogP contribution in [0.3, 0.4) is 0 Å². The van der Waals surface area contributed by atoms with Gasteiger partial charge < -0.3 is 4.90 Å². The summed E-state index contributed by atoms with van der Waals surface area (Å²) in [5, 5.41) is 0. The summed E-state index contributed by atoms with van der Waals surface area (Å²) < 4.78 is 0. The molecule has 0 atom stereocenters. The molecule has 1 rings (SSSR count). The van der Waals surface area contributed by atoms with Crippen LogP contribution in [0.5, 0.6) is 0 Å². The van der Waals surface area contributed by atoms with E-state index in [0.717, 1.165) is 12.8 Å². The summed E-state index contributed by atoms with van der Waals surface area (Å²) in [5.41, 5.74) is 0. The molecule has 1 saturated carbocycles. The minimum Gasteiger partial charge on any atom is -0.339 e. The Morgan fingerprint density at radius 3 is 2.50 bits per heavy atom. The van der Waals surface area contributed by atoms with E-state index in [0.29, 0.717) is 24.2 Å². The summed E-state index contributed by atoms with van der Waals surface area (Å²) in [6, 6.07) is 0.289. The van der Waals surface area contributed by atoms with Crippen LogP contribution in [-0.2, 0) is 4.79 Å². The molecule has 0 saturated heterocycles. The lowest BCUT2D eigenvalue weighted by Crippen LogP contribution is -2.39. The van der Waals surface area contributed by atoms with Gasteiger partial charge in [0.05, 0.1) is 0 Å². The maximum absolute atomic E-state index is 11.6. The van der Waals surface area contributed by atoms with Crippen molar-refractivity contribution in [1.82, 2.24) is 4.90 Å². The van der Waals surface area contributed by atoms with E-state index in [1.807, 2.05) is 18.7 Å². The number of hydrogen-bond donors (Lipinski definition) is 0. The molecular formula is C9H16ClNO. The average molecular weight is 190 g/mol. The molecule has 1 fully saturated rings. The molecule has 0 N–H and O–H groups in total. The molecule has 12 heavy (non-hydrogen) atoms. The van der Waals surface area contributed by atoms with E-state index in [1.165, 1.54) is 0 Å². The predicted octanol–water partition coefficient (Wildman–Crippen LogP) is 1.87. The standard InChI is InChI=1S/C9H16ClNO/c1-7(2)11(6-5-10)9(12)8-3-4-8/h7-8H,3-6H2,1-2H3. The average Bonchev–Trinajstić information content (AvgIpc) is 2.80. The molecule has 0 spiro atoms. The fraction of sp³-hybridized carbons (Fsp3) is 0.889. The number of amides is 1. The van der Waals surface area contributed by atoms with E-state index >= 15 is 0 Å². The first-order chi connectivity index (χ1) is 5.66. The second kappa shape index (κ2) is 4.13. The Labute approximate surface area is 78.9 Å². The van der Waals surface area contributed by atoms with Gasteiger partial charge in [-0.2, -0.15) is 0 Å². The molecule has 1 aliphatic rings. The van der Waals surface area contributed by atoms with Gasteiger partial charge in [0.15, 0.2) is 0 Å². The van der Waals surface area contributed by atoms with Crippen molar-refractivity contribution in [3.63, 3.8) is 0 Å². The van der Waals surface area contributed by atoms with Crippen LogP contribution in [0.4, 0.5) is 0 Å². The number of hydrogen-bond acceptors (Lipinski definition) is 1. The Morgan fingerprint density at radius 2 is 2.17 bits per heavy atom. The summed E-state index contributed by atoms with van der Waals surface area (Å²) >= 11 is 5.62. The van der Waals surface area contributed by atoms with Gasteiger partial charge in [-0.05, 0) is 26.7 Å². The van der Waals surface area contributed by atoms with Crippen LogP contribution < -0.4 is 0 Å². The van der Waals surface area contributed by atoms with Crippen molar-refractivity contribution < 1.29 is 4.79 Å². The number of carbonyl (C=O) groups excluding carboxylic acids is 1. The second-order valence-corrected chi connectivity index (χ2v) is 3.97. The van der Waals surface area contributed by atoms with Gasteiger partial charge in [0, 0.05) is 24.4 Å². The number of rotatable bonds is 4. The number of carbonyl (C=O) groups is 1. The van der Waals surface area contributed by atoms with E-state index in [4.69, 9.17) is 11.6 Å². The second-order valence-electron chi connectivity index (χ2n) is 3.59. The maximum Gasteiger partial charge on any atom is 0.225 e. The topological polar surface area (TPSA) is 20.3 Å². The largest absolute Gasteiger partial charge is 0.339 e. The van der Waals surface area contributed by atoms with Gasteiger partial charge in [0.1, 0.15) is 0 Å². The van der Waals surface area contributed by atoms with Gasteiger partial charge in [-0.15, -0.1) is 11.6 Å². The van der Waals surface area contributed by atoms with Gasteiger partial charge in [0.2, 0.25) is 5.91 Å². The Balaban J connectivity index is 2.45. The molecule has 0 unspecified atom stereocenters. The number of nitrogens with zero attached hydrogens (tertiary/aromatic N) is 1. The molecule has 0 bridgehead atoms. The molecule has 2 nitrogen and oxygen atoms in total. The highest BCUT2D eigenvalue weighted by molar-refractivity contribution is 6.18. The van der Waals surface area contributed by atoms with Crippen LogP contribution in [0, 0.1) is 5.92 Å². The first kappa shape index (κ1) is 9.85. The Hall–Kier alpha value is -0.240. The lowest BCUT2D eigenvalue weighted by atomic mass is 10.2. The van der Waals surface area contributed by atoms with Crippen molar-refractivity contribution in [2.24, 2.45) is 5.92 Å². The first-order valence-electron chi connectivity index (χ1n) is 4.53. The van der Waals surface area contributed by atoms with Crippen molar-refractivity contribution >= 4 is 17.5 Å². The third-order valence-corrected chi connectivity index (χ3v) is 2.33. The van der Waals surface area contributed by atoms with E-state index in [2.05, 4.69) is 0 Å². The zero-order valence-electron chi connectivity index (χ0n) is 7.72. The predicted molar refractivity (Wildman–Crippen MR) is 50.3 cm³/mol. The zero-order valence-corrected chi connectivity index (χ0v) is 8.47. The molecule has 1 amide bonds. The minimum atomic E-state index is 0.289. The molecular weight excluding hydrogens is 174 g/mol. The van der Waals surface area contributed by atoms with Gasteiger partial charge >= 0.3 is 0 Å². The Morgan fingerprint density at radius 1 is 1.58 bits per heavy atom. The highest BCUT2D eigenvalue weighted by Crippen LogP contribution is 2.31. The van der Waals surface area contributed by atoms with Gasteiger partial charge in [-0.1, -0.05) is 0 Å². The molecule has 0 aromatic carbocycles. The first-order valence-corrected chi connectivity index (χ1v) is 5.06. The smallest absolute Gasteiger partial charge is 0.225 e. The van der Waals surface area contributed by atoms with Crippen molar-refractivity contribution in [1.29, 1.82) is 0 Å². The van der Waals surface area contributed by atoms with E-state index < -0.39 is 0 Å². The van der Waals surface area contributed by atoms with Crippen LogP contribution in [-0.4, -0.2) is 29.3 Å². The molecule has 0 heterocycles. The summed E-state index contributed by atoms with van der Waals surface area (Å²) in [6.07, 6.45) is 2.15. The van der Waals surface area contributed by atoms with E-state index in [9.17, 15) is 4.79 Å². The van der Waals surface area contributed by atoms with E-state index in [1.54, 1.807) is 0 Å². The monoisotopic (exact) mass is 189 g/mol. The van der Waals surface area contributed by atoms with Crippen LogP contribution in [0.25, 0.3) is 0 Å². The lowest BCUT2D eigenvalue weighted by molar-refractivity contribution is -0.133. The normalized spacial score (nSPS) is 16.7. The van der Waals surface area contributed by atoms with Gasteiger partial charge in [-0.3, -0.25) is 4.79 Å². The van der Waals surface area contributed by atoms with Crippen molar-refractivity contribution in [3.05, 3.63) is 0 Å². The summed E-state index contributed by atoms with van der Waals surface area (Å²) in [7, 11) is 0. The Kier molecular flexibility index (Phi) is 3.39. The van der Waals surface area contributed by atoms with Crippen LogP contribution >= 0.6 is 11.6 Å². The fourth-order valence-corrected chi connectivity index (χ4v) is 1.46. The van der Waals surface area contributed by atoms with Crippen LogP contribution in [0.2, 0.25) is 0 Å². The summed E-state index contributed by atoms with van der Waals surface area (Å²) in [5.74, 6) is 1.15. The Bertz CT molecular complexity index is 166. The molecule has 3 heteroatoms. The molecule has 0 radical (unpaired) electrons. The summed E-state index contributed by atoms with van der Waals surface area (Å²) in [6.45, 7) is 4.76. The van der Waals surface area contributed by atoms with Crippen LogP contribution in [0.1, 0.15) is 26.7 Å². The molecule has 0 aromatic rings. The zero-order chi connectivity index (χ0) is 9.14. The van der Waals surface area contributed by atoms with Gasteiger partial charge in [-0.25, -0.2) is 0 Å². The van der Waals surface area contributed by atoms with Gasteiger partial charge in [0.25, 0.3) is 0 Å².